The summed E-state index contributed by atoms with van der Waals surface area (Å²) < 4.78 is 0. The molecule has 0 aliphatic carbocycles. The van der Waals surface area contributed by atoms with Crippen molar-refractivity contribution in [2.75, 3.05) is 26.7 Å². The first-order valence-corrected chi connectivity index (χ1v) is 5.32. The van der Waals surface area contributed by atoms with Crippen LogP contribution in [0.3, 0.4) is 0 Å². The number of nitrogens with zero attached hydrogens (tertiary/aromatic N) is 1. The Labute approximate surface area is 90.1 Å². The largest absolute Gasteiger partial charge is 0.480 e. The number of carboxylic acids is 1. The quantitative estimate of drug-likeness (QED) is 0.583. The number of carbonyl (C=O) groups is 1. The fourth-order valence-electron chi connectivity index (χ4n) is 2.11. The van der Waals surface area contributed by atoms with Crippen LogP contribution in [0.5, 0.6) is 0 Å². The van der Waals surface area contributed by atoms with Crippen molar-refractivity contribution in [3.8, 4) is 0 Å². The highest BCUT2D eigenvalue weighted by molar-refractivity contribution is 5.69. The average molecular weight is 216 g/mol. The van der Waals surface area contributed by atoms with Gasteiger partial charge in [-0.1, -0.05) is 0 Å². The molecule has 5 nitrogen and oxygen atoms in total. The molecule has 1 heterocycles. The molecule has 3 atom stereocenters. The molecule has 0 aromatic heterocycles. The number of nitrogens with one attached hydrogen (secondary N) is 1. The molecule has 1 aliphatic rings. The first-order chi connectivity index (χ1) is 7.02. The number of piperidine rings is 1. The Morgan fingerprint density at radius 3 is 2.73 bits per heavy atom. The molecule has 1 saturated heterocycles. The average Bonchev–Trinajstić information content (AvgIpc) is 2.16. The van der Waals surface area contributed by atoms with Gasteiger partial charge in [0.05, 0.1) is 12.6 Å². The molecule has 0 saturated carbocycles. The van der Waals surface area contributed by atoms with E-state index in [0.29, 0.717) is 6.54 Å². The fraction of sp³-hybridized carbons (Fsp3) is 0.900. The van der Waals surface area contributed by atoms with Crippen LogP contribution in [0.4, 0.5) is 0 Å². The van der Waals surface area contributed by atoms with Gasteiger partial charge >= 0.3 is 5.97 Å². The zero-order chi connectivity index (χ0) is 11.4. The van der Waals surface area contributed by atoms with Gasteiger partial charge in [-0.25, -0.2) is 0 Å². The second-order valence-electron chi connectivity index (χ2n) is 4.31. The zero-order valence-corrected chi connectivity index (χ0v) is 9.31. The lowest BCUT2D eigenvalue weighted by Crippen LogP contribution is -2.51. The summed E-state index contributed by atoms with van der Waals surface area (Å²) in [4.78, 5) is 12.5. The monoisotopic (exact) mass is 216 g/mol. The lowest BCUT2D eigenvalue weighted by atomic mass is 9.90. The molecular weight excluding hydrogens is 196 g/mol. The van der Waals surface area contributed by atoms with Crippen molar-refractivity contribution in [2.45, 2.75) is 25.5 Å². The van der Waals surface area contributed by atoms with Gasteiger partial charge < -0.3 is 15.5 Å². The minimum atomic E-state index is -0.809. The van der Waals surface area contributed by atoms with Crippen molar-refractivity contribution >= 4 is 5.97 Å². The van der Waals surface area contributed by atoms with E-state index in [-0.39, 0.29) is 24.6 Å². The number of hydrogen-bond acceptors (Lipinski definition) is 4. The molecule has 1 fully saturated rings. The third kappa shape index (κ3) is 3.77. The summed E-state index contributed by atoms with van der Waals surface area (Å²) in [7, 11) is 1.87. The number of aliphatic carboxylic acids is 1. The topological polar surface area (TPSA) is 72.8 Å². The molecule has 0 aromatic rings. The molecule has 1 rings (SSSR count). The van der Waals surface area contributed by atoms with Crippen molar-refractivity contribution in [3.63, 3.8) is 0 Å². The molecule has 3 N–H and O–H groups in total. The van der Waals surface area contributed by atoms with Crippen molar-refractivity contribution in [1.82, 2.24) is 10.2 Å². The van der Waals surface area contributed by atoms with E-state index in [9.17, 15) is 9.90 Å². The number of likely N-dealkylation sites (tertiary alicyclic amines) is 1. The highest BCUT2D eigenvalue weighted by Crippen LogP contribution is 2.19. The van der Waals surface area contributed by atoms with E-state index in [1.54, 1.807) is 6.92 Å². The van der Waals surface area contributed by atoms with E-state index in [1.165, 1.54) is 0 Å². The summed E-state index contributed by atoms with van der Waals surface area (Å²) in [6, 6.07) is 0.276. The van der Waals surface area contributed by atoms with Gasteiger partial charge in [0.2, 0.25) is 0 Å². The van der Waals surface area contributed by atoms with Crippen LogP contribution in [-0.4, -0.2) is 59.9 Å². The summed E-state index contributed by atoms with van der Waals surface area (Å²) >= 11 is 0. The first kappa shape index (κ1) is 12.4. The van der Waals surface area contributed by atoms with Gasteiger partial charge in [-0.15, -0.1) is 0 Å². The van der Waals surface area contributed by atoms with Crippen molar-refractivity contribution in [2.24, 2.45) is 5.92 Å². The van der Waals surface area contributed by atoms with Crippen LogP contribution in [0.1, 0.15) is 13.3 Å². The maximum absolute atomic E-state index is 10.6. The predicted molar refractivity (Wildman–Crippen MR) is 56.7 cm³/mol. The maximum atomic E-state index is 10.6. The molecule has 0 spiro atoms. The summed E-state index contributed by atoms with van der Waals surface area (Å²) in [5.41, 5.74) is 0. The Morgan fingerprint density at radius 1 is 1.60 bits per heavy atom. The summed E-state index contributed by atoms with van der Waals surface area (Å²) in [5, 5.41) is 21.4. The van der Waals surface area contributed by atoms with Crippen LogP contribution in [-0.2, 0) is 4.79 Å². The Hall–Kier alpha value is -0.650. The van der Waals surface area contributed by atoms with Gasteiger partial charge in [0.15, 0.2) is 0 Å². The summed E-state index contributed by atoms with van der Waals surface area (Å²) in [5.74, 6) is -0.647. The number of carboxylic acid groups (broad SMARTS) is 1. The van der Waals surface area contributed by atoms with Gasteiger partial charge in [-0.2, -0.15) is 0 Å². The van der Waals surface area contributed by atoms with Gasteiger partial charge in [0.25, 0.3) is 0 Å². The van der Waals surface area contributed by atoms with E-state index < -0.39 is 5.97 Å². The Morgan fingerprint density at radius 2 is 2.27 bits per heavy atom. The second-order valence-corrected chi connectivity index (χ2v) is 4.31. The lowest BCUT2D eigenvalue weighted by Gasteiger charge is -2.38. The lowest BCUT2D eigenvalue weighted by molar-refractivity contribution is -0.139. The minimum Gasteiger partial charge on any atom is -0.480 e. The maximum Gasteiger partial charge on any atom is 0.317 e. The Bertz CT molecular complexity index is 221. The molecule has 15 heavy (non-hydrogen) atoms. The molecular formula is C10H20N2O3. The molecule has 5 heteroatoms. The minimum absolute atomic E-state index is 0.0569. The first-order valence-electron chi connectivity index (χ1n) is 5.32. The SMILES string of the molecule is CNC1CC(C(C)O)CN(CC(=O)O)C1. The van der Waals surface area contributed by atoms with Gasteiger partial charge in [0.1, 0.15) is 0 Å². The van der Waals surface area contributed by atoms with E-state index in [1.807, 2.05) is 11.9 Å². The second kappa shape index (κ2) is 5.44. The van der Waals surface area contributed by atoms with Crippen molar-refractivity contribution < 1.29 is 15.0 Å². The van der Waals surface area contributed by atoms with E-state index >= 15 is 0 Å². The molecule has 0 radical (unpaired) electrons. The zero-order valence-electron chi connectivity index (χ0n) is 9.31. The number of aliphatic hydroxyl groups is 1. The summed E-state index contributed by atoms with van der Waals surface area (Å²) in [6.07, 6.45) is 0.530. The Balaban J connectivity index is 2.54. The Kier molecular flexibility index (Phi) is 4.50. The standard InChI is InChI=1S/C10H20N2O3/c1-7(13)8-3-9(11-2)5-12(4-8)6-10(14)15/h7-9,11,13H,3-6H2,1-2H3,(H,14,15). The number of hydrogen-bond donors (Lipinski definition) is 3. The van der Waals surface area contributed by atoms with Gasteiger partial charge in [0, 0.05) is 19.1 Å². The molecule has 3 unspecified atom stereocenters. The number of likely N-dealkylation sites (N-methyl/N-ethyl adjacent to an activating group) is 1. The van der Waals surface area contributed by atoms with E-state index in [0.717, 1.165) is 13.0 Å². The van der Waals surface area contributed by atoms with Crippen molar-refractivity contribution in [3.05, 3.63) is 0 Å². The van der Waals surface area contributed by atoms with Crippen LogP contribution < -0.4 is 5.32 Å². The van der Waals surface area contributed by atoms with Gasteiger partial charge in [-0.3, -0.25) is 9.69 Å². The third-order valence-corrected chi connectivity index (χ3v) is 3.01. The summed E-state index contributed by atoms with van der Waals surface area (Å²) in [6.45, 7) is 3.23. The highest BCUT2D eigenvalue weighted by Gasteiger charge is 2.29. The van der Waals surface area contributed by atoms with Crippen molar-refractivity contribution in [1.29, 1.82) is 0 Å². The van der Waals surface area contributed by atoms with Crippen LogP contribution in [0.15, 0.2) is 0 Å². The van der Waals surface area contributed by atoms with Crippen LogP contribution in [0.25, 0.3) is 0 Å². The molecule has 88 valence electrons. The third-order valence-electron chi connectivity index (χ3n) is 3.01. The van der Waals surface area contributed by atoms with Crippen LogP contribution >= 0.6 is 0 Å². The van der Waals surface area contributed by atoms with E-state index in [2.05, 4.69) is 5.32 Å². The normalized spacial score (nSPS) is 30.1. The molecule has 1 aliphatic heterocycles. The van der Waals surface area contributed by atoms with Gasteiger partial charge in [-0.05, 0) is 26.3 Å². The number of rotatable bonds is 4. The van der Waals surface area contributed by atoms with Crippen LogP contribution in [0, 0.1) is 5.92 Å². The smallest absolute Gasteiger partial charge is 0.317 e. The fourth-order valence-corrected chi connectivity index (χ4v) is 2.11. The number of aliphatic hydroxyl groups excluding tert-OH is 1. The molecule has 0 aromatic carbocycles. The highest BCUT2D eigenvalue weighted by atomic mass is 16.4. The predicted octanol–water partition coefficient (Wildman–Crippen LogP) is -0.638. The molecule has 0 bridgehead atoms. The molecule has 0 amide bonds. The van der Waals surface area contributed by atoms with Crippen LogP contribution in [0.2, 0.25) is 0 Å². The van der Waals surface area contributed by atoms with E-state index in [4.69, 9.17) is 5.11 Å².